The van der Waals surface area contributed by atoms with Crippen molar-refractivity contribution in [1.82, 2.24) is 0 Å². The average Bonchev–Trinajstić information content (AvgIpc) is 2.48. The lowest BCUT2D eigenvalue weighted by molar-refractivity contribution is -0.113. The third-order valence-electron chi connectivity index (χ3n) is 2.86. The Bertz CT molecular complexity index is 808. The summed E-state index contributed by atoms with van der Waals surface area (Å²) in [5.41, 5.74) is 2.13. The number of benzene rings is 2. The smallest absolute Gasteiger partial charge is 0.234 e. The van der Waals surface area contributed by atoms with E-state index < -0.39 is 10.0 Å². The minimum absolute atomic E-state index is 0.120. The standard InChI is InChI=1S/C16H17ClN2O3S2/c1-24(21,22)19-15-7-5-14(6-8-15)18-16(20)11-23-10-12-3-2-4-13(17)9-12/h2-9,19H,10-11H2,1H3,(H,18,20). The van der Waals surface area contributed by atoms with Gasteiger partial charge in [-0.25, -0.2) is 8.42 Å². The number of carbonyl (C=O) groups is 1. The molecule has 0 bridgehead atoms. The van der Waals surface area contributed by atoms with Crippen molar-refractivity contribution < 1.29 is 13.2 Å². The zero-order valence-corrected chi connectivity index (χ0v) is 15.3. The van der Waals surface area contributed by atoms with Crippen LogP contribution < -0.4 is 10.0 Å². The second kappa shape index (κ2) is 8.41. The quantitative estimate of drug-likeness (QED) is 0.765. The first-order valence-electron chi connectivity index (χ1n) is 7.02. The molecule has 24 heavy (non-hydrogen) atoms. The minimum Gasteiger partial charge on any atom is -0.325 e. The predicted octanol–water partition coefficient (Wildman–Crippen LogP) is 3.58. The van der Waals surface area contributed by atoms with Crippen LogP contribution in [0.2, 0.25) is 5.02 Å². The van der Waals surface area contributed by atoms with Crippen LogP contribution in [0.5, 0.6) is 0 Å². The zero-order chi connectivity index (χ0) is 17.6. The molecular weight excluding hydrogens is 368 g/mol. The first-order valence-corrected chi connectivity index (χ1v) is 10.4. The topological polar surface area (TPSA) is 75.3 Å². The molecule has 5 nitrogen and oxygen atoms in total. The first-order chi connectivity index (χ1) is 11.3. The summed E-state index contributed by atoms with van der Waals surface area (Å²) >= 11 is 7.41. The highest BCUT2D eigenvalue weighted by Gasteiger charge is 2.05. The molecular formula is C16H17ClN2O3S2. The van der Waals surface area contributed by atoms with Gasteiger partial charge in [0.25, 0.3) is 0 Å². The molecule has 2 rings (SSSR count). The number of amides is 1. The van der Waals surface area contributed by atoms with E-state index in [1.54, 1.807) is 24.3 Å². The van der Waals surface area contributed by atoms with Gasteiger partial charge in [0.1, 0.15) is 0 Å². The summed E-state index contributed by atoms with van der Waals surface area (Å²) in [6, 6.07) is 14.0. The molecule has 2 aromatic rings. The molecule has 2 aromatic carbocycles. The second-order valence-electron chi connectivity index (χ2n) is 5.12. The van der Waals surface area contributed by atoms with Crippen LogP contribution in [0.4, 0.5) is 11.4 Å². The van der Waals surface area contributed by atoms with Crippen molar-refractivity contribution in [2.75, 3.05) is 22.0 Å². The van der Waals surface area contributed by atoms with Crippen molar-refractivity contribution in [3.63, 3.8) is 0 Å². The van der Waals surface area contributed by atoms with Crippen LogP contribution in [0.25, 0.3) is 0 Å². The highest BCUT2D eigenvalue weighted by Crippen LogP contribution is 2.18. The normalized spacial score (nSPS) is 11.1. The molecule has 1 amide bonds. The Morgan fingerprint density at radius 2 is 1.79 bits per heavy atom. The maximum Gasteiger partial charge on any atom is 0.234 e. The van der Waals surface area contributed by atoms with Gasteiger partial charge in [-0.2, -0.15) is 0 Å². The van der Waals surface area contributed by atoms with Crippen LogP contribution in [0, 0.1) is 0 Å². The lowest BCUT2D eigenvalue weighted by Crippen LogP contribution is -2.14. The highest BCUT2D eigenvalue weighted by molar-refractivity contribution is 7.99. The van der Waals surface area contributed by atoms with Crippen LogP contribution in [0.1, 0.15) is 5.56 Å². The van der Waals surface area contributed by atoms with Crippen LogP contribution >= 0.6 is 23.4 Å². The Kier molecular flexibility index (Phi) is 6.53. The van der Waals surface area contributed by atoms with Gasteiger partial charge in [0.2, 0.25) is 15.9 Å². The number of sulfonamides is 1. The van der Waals surface area contributed by atoms with Gasteiger partial charge in [-0.1, -0.05) is 23.7 Å². The van der Waals surface area contributed by atoms with E-state index in [1.165, 1.54) is 11.8 Å². The van der Waals surface area contributed by atoms with Crippen molar-refractivity contribution in [2.45, 2.75) is 5.75 Å². The molecule has 8 heteroatoms. The summed E-state index contributed by atoms with van der Waals surface area (Å²) in [5, 5.41) is 3.45. The number of halogens is 1. The molecule has 0 atom stereocenters. The monoisotopic (exact) mass is 384 g/mol. The van der Waals surface area contributed by atoms with Gasteiger partial charge in [0.05, 0.1) is 12.0 Å². The molecule has 0 heterocycles. The van der Waals surface area contributed by atoms with E-state index in [2.05, 4.69) is 10.0 Å². The number of thioether (sulfide) groups is 1. The van der Waals surface area contributed by atoms with Crippen LogP contribution in [-0.4, -0.2) is 26.3 Å². The third kappa shape index (κ3) is 6.82. The lowest BCUT2D eigenvalue weighted by Gasteiger charge is -2.07. The van der Waals surface area contributed by atoms with Crippen molar-refractivity contribution in [2.24, 2.45) is 0 Å². The Labute approximate surface area is 150 Å². The van der Waals surface area contributed by atoms with Crippen molar-refractivity contribution >= 4 is 50.7 Å². The van der Waals surface area contributed by atoms with E-state index >= 15 is 0 Å². The van der Waals surface area contributed by atoms with Crippen molar-refractivity contribution in [1.29, 1.82) is 0 Å². The molecule has 128 valence electrons. The van der Waals surface area contributed by atoms with Crippen LogP contribution in [-0.2, 0) is 20.6 Å². The fourth-order valence-electron chi connectivity index (χ4n) is 1.92. The van der Waals surface area contributed by atoms with Gasteiger partial charge < -0.3 is 5.32 Å². The van der Waals surface area contributed by atoms with E-state index in [-0.39, 0.29) is 5.91 Å². The Hall–Kier alpha value is -1.70. The van der Waals surface area contributed by atoms with Gasteiger partial charge in [-0.05, 0) is 42.0 Å². The predicted molar refractivity (Wildman–Crippen MR) is 101 cm³/mol. The largest absolute Gasteiger partial charge is 0.325 e. The molecule has 0 saturated heterocycles. The van der Waals surface area contributed by atoms with Gasteiger partial charge >= 0.3 is 0 Å². The Morgan fingerprint density at radius 1 is 1.12 bits per heavy atom. The van der Waals surface area contributed by atoms with Gasteiger partial charge in [-0.15, -0.1) is 11.8 Å². The maximum atomic E-state index is 11.9. The SMILES string of the molecule is CS(=O)(=O)Nc1ccc(NC(=O)CSCc2cccc(Cl)c2)cc1. The summed E-state index contributed by atoms with van der Waals surface area (Å²) in [6.07, 6.45) is 1.08. The Balaban J connectivity index is 1.79. The maximum absolute atomic E-state index is 11.9. The van der Waals surface area contributed by atoms with E-state index in [4.69, 9.17) is 11.6 Å². The molecule has 0 radical (unpaired) electrons. The van der Waals surface area contributed by atoms with E-state index in [1.807, 2.05) is 24.3 Å². The zero-order valence-electron chi connectivity index (χ0n) is 13.0. The van der Waals surface area contributed by atoms with Crippen molar-refractivity contribution in [3.8, 4) is 0 Å². The molecule has 0 aliphatic carbocycles. The van der Waals surface area contributed by atoms with E-state index in [0.717, 1.165) is 11.8 Å². The third-order valence-corrected chi connectivity index (χ3v) is 4.71. The van der Waals surface area contributed by atoms with Crippen LogP contribution in [0.3, 0.4) is 0 Å². The second-order valence-corrected chi connectivity index (χ2v) is 8.29. The fourth-order valence-corrected chi connectivity index (χ4v) is 3.47. The average molecular weight is 385 g/mol. The number of hydrogen-bond acceptors (Lipinski definition) is 4. The Morgan fingerprint density at radius 3 is 2.42 bits per heavy atom. The molecule has 0 fully saturated rings. The molecule has 0 aromatic heterocycles. The van der Waals surface area contributed by atoms with E-state index in [0.29, 0.717) is 27.9 Å². The molecule has 0 spiro atoms. The summed E-state index contributed by atoms with van der Waals surface area (Å²) < 4.78 is 24.6. The molecule has 0 aliphatic rings. The van der Waals surface area contributed by atoms with Crippen molar-refractivity contribution in [3.05, 3.63) is 59.1 Å². The molecule has 0 unspecified atom stereocenters. The fraction of sp³-hybridized carbons (Fsp3) is 0.188. The molecule has 2 N–H and O–H groups in total. The van der Waals surface area contributed by atoms with E-state index in [9.17, 15) is 13.2 Å². The number of carbonyl (C=O) groups excluding carboxylic acids is 1. The number of anilines is 2. The number of rotatable bonds is 7. The summed E-state index contributed by atoms with van der Waals surface area (Å²) in [7, 11) is -3.30. The first kappa shape index (κ1) is 18.6. The van der Waals surface area contributed by atoms with Gasteiger partial charge in [0.15, 0.2) is 0 Å². The van der Waals surface area contributed by atoms with Crippen LogP contribution in [0.15, 0.2) is 48.5 Å². The minimum atomic E-state index is -3.30. The molecule has 0 aliphatic heterocycles. The lowest BCUT2D eigenvalue weighted by atomic mass is 10.2. The number of hydrogen-bond donors (Lipinski definition) is 2. The molecule has 0 saturated carbocycles. The summed E-state index contributed by atoms with van der Waals surface area (Å²) in [4.78, 5) is 11.9. The van der Waals surface area contributed by atoms with Gasteiger partial charge in [0, 0.05) is 22.2 Å². The summed E-state index contributed by atoms with van der Waals surface area (Å²) in [5.74, 6) is 0.895. The summed E-state index contributed by atoms with van der Waals surface area (Å²) in [6.45, 7) is 0. The van der Waals surface area contributed by atoms with Gasteiger partial charge in [-0.3, -0.25) is 9.52 Å². The highest BCUT2D eigenvalue weighted by atomic mass is 35.5. The number of nitrogens with one attached hydrogen (secondary N) is 2.